The lowest BCUT2D eigenvalue weighted by atomic mass is 10.2. The van der Waals surface area contributed by atoms with Crippen molar-refractivity contribution in [2.45, 2.75) is 30.8 Å². The fraction of sp³-hybridized carbons (Fsp3) is 0.278. The largest absolute Gasteiger partial charge is 0.395 e. The molecule has 0 aromatic carbocycles. The molecule has 12 heteroatoms. The molecule has 1 unspecified atom stereocenters. The van der Waals surface area contributed by atoms with Crippen molar-refractivity contribution in [2.75, 3.05) is 11.9 Å². The Hall–Kier alpha value is -2.78. The lowest BCUT2D eigenvalue weighted by Gasteiger charge is -2.15. The van der Waals surface area contributed by atoms with Crippen LogP contribution in [0.4, 0.5) is 10.1 Å². The van der Waals surface area contributed by atoms with E-state index in [4.69, 9.17) is 16.9 Å². The SMILES string of the molecule is CC(CO)NS(=O)(=O)c1c(Cl)c(C(=O)Nc2cc(F)nc(C#N)c2)n2c1C=CCC2. The van der Waals surface area contributed by atoms with Crippen molar-refractivity contribution >= 4 is 39.3 Å². The first-order valence-electron chi connectivity index (χ1n) is 8.78. The van der Waals surface area contributed by atoms with Crippen LogP contribution in [-0.4, -0.2) is 41.6 Å². The topological polar surface area (TPSA) is 137 Å². The molecule has 3 N–H and O–H groups in total. The Labute approximate surface area is 176 Å². The van der Waals surface area contributed by atoms with Crippen LogP contribution in [0, 0.1) is 17.3 Å². The molecular weight excluding hydrogens is 437 g/mol. The van der Waals surface area contributed by atoms with E-state index in [9.17, 15) is 22.7 Å². The number of anilines is 1. The number of aliphatic hydroxyl groups excluding tert-OH is 1. The van der Waals surface area contributed by atoms with Gasteiger partial charge in [-0.05, 0) is 25.5 Å². The molecule has 2 aromatic rings. The Morgan fingerprint density at radius 1 is 1.50 bits per heavy atom. The number of nitrogens with one attached hydrogen (secondary N) is 2. The van der Waals surface area contributed by atoms with Crippen LogP contribution in [0.2, 0.25) is 5.02 Å². The lowest BCUT2D eigenvalue weighted by molar-refractivity contribution is 0.101. The van der Waals surface area contributed by atoms with Gasteiger partial charge in [-0.1, -0.05) is 17.7 Å². The summed E-state index contributed by atoms with van der Waals surface area (Å²) in [4.78, 5) is 16.0. The number of halogens is 2. The number of sulfonamides is 1. The number of aliphatic hydroxyl groups is 1. The third-order valence-corrected chi connectivity index (χ3v) is 6.42. The van der Waals surface area contributed by atoms with Gasteiger partial charge >= 0.3 is 0 Å². The second-order valence-corrected chi connectivity index (χ2v) is 8.58. The van der Waals surface area contributed by atoms with Gasteiger partial charge < -0.3 is 15.0 Å². The van der Waals surface area contributed by atoms with Gasteiger partial charge in [0.15, 0.2) is 0 Å². The van der Waals surface area contributed by atoms with Gasteiger partial charge in [0.05, 0.1) is 17.3 Å². The highest BCUT2D eigenvalue weighted by molar-refractivity contribution is 7.89. The summed E-state index contributed by atoms with van der Waals surface area (Å²) < 4.78 is 43.0. The summed E-state index contributed by atoms with van der Waals surface area (Å²) in [5.74, 6) is -1.73. The zero-order valence-corrected chi connectivity index (χ0v) is 17.3. The van der Waals surface area contributed by atoms with Crippen LogP contribution >= 0.6 is 11.6 Å². The smallest absolute Gasteiger partial charge is 0.273 e. The second kappa shape index (κ2) is 8.53. The van der Waals surface area contributed by atoms with Crippen molar-refractivity contribution in [1.82, 2.24) is 14.3 Å². The molecule has 0 radical (unpaired) electrons. The maximum atomic E-state index is 13.6. The number of pyridine rings is 1. The van der Waals surface area contributed by atoms with Crippen molar-refractivity contribution in [3.8, 4) is 6.07 Å². The molecular formula is C18H17ClFN5O4S. The molecule has 1 aliphatic rings. The second-order valence-electron chi connectivity index (χ2n) is 6.55. The van der Waals surface area contributed by atoms with Crippen LogP contribution in [0.25, 0.3) is 6.08 Å². The van der Waals surface area contributed by atoms with Gasteiger partial charge in [-0.15, -0.1) is 0 Å². The standard InChI is InChI=1S/C18H17ClFN5O4S/c1-10(9-26)24-30(28,29)17-13-4-2-3-5-25(13)16(15(17)19)18(27)23-11-6-12(8-21)22-14(20)7-11/h2,4,6-7,10,24,26H,3,5,9H2,1H3,(H,22,23,27). The van der Waals surface area contributed by atoms with E-state index in [1.807, 2.05) is 0 Å². The zero-order valence-electron chi connectivity index (χ0n) is 15.7. The molecule has 0 aliphatic carbocycles. The summed E-state index contributed by atoms with van der Waals surface area (Å²) in [5, 5.41) is 20.2. The molecule has 0 saturated carbocycles. The average molecular weight is 454 g/mol. The molecule has 1 atom stereocenters. The number of hydrogen-bond acceptors (Lipinski definition) is 6. The summed E-state index contributed by atoms with van der Waals surface area (Å²) in [6, 6.07) is 3.01. The highest BCUT2D eigenvalue weighted by Gasteiger charge is 2.33. The molecule has 158 valence electrons. The fourth-order valence-corrected chi connectivity index (χ4v) is 5.13. The molecule has 0 bridgehead atoms. The Balaban J connectivity index is 2.07. The van der Waals surface area contributed by atoms with Crippen LogP contribution in [0.5, 0.6) is 0 Å². The van der Waals surface area contributed by atoms with Gasteiger partial charge in [-0.2, -0.15) is 9.65 Å². The quantitative estimate of drug-likeness (QED) is 0.571. The van der Waals surface area contributed by atoms with Crippen molar-refractivity contribution in [2.24, 2.45) is 0 Å². The van der Waals surface area contributed by atoms with E-state index in [-0.39, 0.29) is 32.7 Å². The van der Waals surface area contributed by atoms with Crippen molar-refractivity contribution < 1.29 is 22.7 Å². The molecule has 3 rings (SSSR count). The third-order valence-electron chi connectivity index (χ3n) is 4.28. The van der Waals surface area contributed by atoms with Crippen LogP contribution in [0.15, 0.2) is 23.1 Å². The van der Waals surface area contributed by atoms with Crippen LogP contribution in [0.3, 0.4) is 0 Å². The predicted molar refractivity (Wildman–Crippen MR) is 107 cm³/mol. The van der Waals surface area contributed by atoms with Crippen molar-refractivity contribution in [3.63, 3.8) is 0 Å². The third kappa shape index (κ3) is 4.22. The average Bonchev–Trinajstić information content (AvgIpc) is 2.99. The molecule has 2 aromatic heterocycles. The van der Waals surface area contributed by atoms with Gasteiger partial charge in [0.2, 0.25) is 16.0 Å². The summed E-state index contributed by atoms with van der Waals surface area (Å²) in [5.41, 5.74) is -0.170. The monoisotopic (exact) mass is 453 g/mol. The summed E-state index contributed by atoms with van der Waals surface area (Å²) >= 11 is 6.35. The summed E-state index contributed by atoms with van der Waals surface area (Å²) in [6.45, 7) is 1.35. The van der Waals surface area contributed by atoms with E-state index in [0.29, 0.717) is 13.0 Å². The lowest BCUT2D eigenvalue weighted by Crippen LogP contribution is -2.35. The highest BCUT2D eigenvalue weighted by Crippen LogP contribution is 2.35. The van der Waals surface area contributed by atoms with Crippen molar-refractivity contribution in [3.05, 3.63) is 46.3 Å². The molecule has 0 spiro atoms. The number of fused-ring (bicyclic) bond motifs is 1. The first-order chi connectivity index (χ1) is 14.2. The molecule has 9 nitrogen and oxygen atoms in total. The van der Waals surface area contributed by atoms with Gasteiger partial charge in [-0.3, -0.25) is 4.79 Å². The first-order valence-corrected chi connectivity index (χ1v) is 10.6. The Morgan fingerprint density at radius 3 is 2.90 bits per heavy atom. The van der Waals surface area contributed by atoms with Gasteiger partial charge in [0, 0.05) is 24.3 Å². The van der Waals surface area contributed by atoms with E-state index in [0.717, 1.165) is 6.07 Å². The van der Waals surface area contributed by atoms with E-state index in [1.54, 1.807) is 18.2 Å². The van der Waals surface area contributed by atoms with E-state index in [2.05, 4.69) is 15.0 Å². The van der Waals surface area contributed by atoms with E-state index < -0.39 is 34.5 Å². The summed E-state index contributed by atoms with van der Waals surface area (Å²) in [7, 11) is -4.15. The van der Waals surface area contributed by atoms with Crippen LogP contribution in [-0.2, 0) is 16.6 Å². The highest BCUT2D eigenvalue weighted by atomic mass is 35.5. The number of nitrogens with zero attached hydrogens (tertiary/aromatic N) is 3. The van der Waals surface area contributed by atoms with Crippen LogP contribution in [0.1, 0.15) is 35.2 Å². The number of rotatable bonds is 6. The number of allylic oxidation sites excluding steroid dienone is 1. The number of hydrogen-bond donors (Lipinski definition) is 3. The number of nitriles is 1. The van der Waals surface area contributed by atoms with Gasteiger partial charge in [0.25, 0.3) is 5.91 Å². The normalized spacial score (nSPS) is 14.1. The maximum Gasteiger partial charge on any atom is 0.273 e. The minimum absolute atomic E-state index is 0.0292. The zero-order chi connectivity index (χ0) is 22.1. The first kappa shape index (κ1) is 21.9. The molecule has 1 aliphatic heterocycles. The van der Waals surface area contributed by atoms with E-state index in [1.165, 1.54) is 17.6 Å². The van der Waals surface area contributed by atoms with Gasteiger partial charge in [-0.25, -0.2) is 18.1 Å². The predicted octanol–water partition coefficient (Wildman–Crippen LogP) is 1.88. The minimum atomic E-state index is -4.15. The molecule has 30 heavy (non-hydrogen) atoms. The maximum absolute atomic E-state index is 13.6. The molecule has 1 amide bonds. The Kier molecular flexibility index (Phi) is 6.23. The molecule has 0 saturated heterocycles. The van der Waals surface area contributed by atoms with E-state index >= 15 is 0 Å². The molecule has 3 heterocycles. The number of carbonyl (C=O) groups is 1. The van der Waals surface area contributed by atoms with Gasteiger partial charge in [0.1, 0.15) is 22.4 Å². The number of carbonyl (C=O) groups excluding carboxylic acids is 1. The number of aromatic nitrogens is 2. The minimum Gasteiger partial charge on any atom is -0.395 e. The number of amides is 1. The molecule has 0 fully saturated rings. The van der Waals surface area contributed by atoms with Crippen LogP contribution < -0.4 is 10.0 Å². The van der Waals surface area contributed by atoms with Crippen molar-refractivity contribution in [1.29, 1.82) is 5.26 Å². The Bertz CT molecular complexity index is 1190. The summed E-state index contributed by atoms with van der Waals surface area (Å²) in [6.07, 6.45) is 3.84. The Morgan fingerprint density at radius 2 is 2.23 bits per heavy atom. The fourth-order valence-electron chi connectivity index (χ4n) is 3.03.